The maximum Gasteiger partial charge on any atom is 0.135 e. The van der Waals surface area contributed by atoms with E-state index in [4.69, 9.17) is 0 Å². The van der Waals surface area contributed by atoms with Gasteiger partial charge in [0.25, 0.3) is 0 Å². The van der Waals surface area contributed by atoms with E-state index in [0.717, 1.165) is 21.5 Å². The van der Waals surface area contributed by atoms with Crippen LogP contribution in [0.15, 0.2) is 41.0 Å². The van der Waals surface area contributed by atoms with E-state index >= 15 is 0 Å². The predicted octanol–water partition coefficient (Wildman–Crippen LogP) is 4.23. The molecule has 0 unspecified atom stereocenters. The molecule has 1 heterocycles. The van der Waals surface area contributed by atoms with E-state index in [1.54, 1.807) is 0 Å². The normalized spacial score (nSPS) is 10.4. The van der Waals surface area contributed by atoms with Crippen LogP contribution >= 0.6 is 15.9 Å². The van der Waals surface area contributed by atoms with Gasteiger partial charge >= 0.3 is 0 Å². The number of anilines is 2. The van der Waals surface area contributed by atoms with Gasteiger partial charge in [-0.3, -0.25) is 0 Å². The highest BCUT2D eigenvalue weighted by Gasteiger charge is 2.08. The van der Waals surface area contributed by atoms with E-state index in [9.17, 15) is 0 Å². The second-order valence-corrected chi connectivity index (χ2v) is 5.11. The van der Waals surface area contributed by atoms with Crippen molar-refractivity contribution in [1.82, 2.24) is 4.98 Å². The number of rotatable bonds is 2. The van der Waals surface area contributed by atoms with Gasteiger partial charge in [-0.05, 0) is 59.1 Å². The molecule has 2 nitrogen and oxygen atoms in total. The molecule has 0 aliphatic rings. The third-order valence-corrected chi connectivity index (χ3v) is 3.16. The van der Waals surface area contributed by atoms with Gasteiger partial charge in [0.15, 0.2) is 0 Å². The maximum atomic E-state index is 4.46. The summed E-state index contributed by atoms with van der Waals surface area (Å²) in [5.74, 6) is 0.985. The molecule has 17 heavy (non-hydrogen) atoms. The predicted molar refractivity (Wildman–Crippen MR) is 75.9 cm³/mol. The molecule has 1 aromatic carbocycles. The Morgan fingerprint density at radius 3 is 2.59 bits per heavy atom. The minimum Gasteiger partial charge on any atom is -0.329 e. The Morgan fingerprint density at radius 2 is 1.94 bits per heavy atom. The minimum atomic E-state index is 0.985. The minimum absolute atomic E-state index is 0.985. The van der Waals surface area contributed by atoms with Crippen LogP contribution in [-0.2, 0) is 0 Å². The third-order valence-electron chi connectivity index (χ3n) is 2.72. The zero-order valence-corrected chi connectivity index (χ0v) is 11.8. The number of halogens is 1. The lowest BCUT2D eigenvalue weighted by Gasteiger charge is -2.20. The molecule has 88 valence electrons. The van der Waals surface area contributed by atoms with E-state index in [1.807, 2.05) is 13.2 Å². The Balaban J connectivity index is 2.40. The van der Waals surface area contributed by atoms with Gasteiger partial charge in [0, 0.05) is 23.4 Å². The Morgan fingerprint density at radius 1 is 1.18 bits per heavy atom. The van der Waals surface area contributed by atoms with Crippen molar-refractivity contribution in [2.24, 2.45) is 0 Å². The average Bonchev–Trinajstić information content (AvgIpc) is 2.28. The first-order valence-corrected chi connectivity index (χ1v) is 6.30. The molecule has 0 saturated carbocycles. The fraction of sp³-hybridized carbons (Fsp3) is 0.214. The van der Waals surface area contributed by atoms with Crippen molar-refractivity contribution < 1.29 is 0 Å². The number of aromatic nitrogens is 1. The smallest absolute Gasteiger partial charge is 0.135 e. The summed E-state index contributed by atoms with van der Waals surface area (Å²) in [6.45, 7) is 4.17. The van der Waals surface area contributed by atoms with Crippen molar-refractivity contribution >= 4 is 27.4 Å². The molecule has 0 bridgehead atoms. The first-order valence-electron chi connectivity index (χ1n) is 5.50. The molecule has 1 aromatic heterocycles. The van der Waals surface area contributed by atoms with Crippen LogP contribution in [0.3, 0.4) is 0 Å². The summed E-state index contributed by atoms with van der Waals surface area (Å²) >= 11 is 3.43. The van der Waals surface area contributed by atoms with Crippen molar-refractivity contribution in [1.29, 1.82) is 0 Å². The summed E-state index contributed by atoms with van der Waals surface area (Å²) in [4.78, 5) is 6.57. The molecular formula is C14H15BrN2. The van der Waals surface area contributed by atoms with Crippen LogP contribution in [0.5, 0.6) is 0 Å². The lowest BCUT2D eigenvalue weighted by atomic mass is 10.2. The summed E-state index contributed by atoms with van der Waals surface area (Å²) in [6, 6.07) is 10.5. The third kappa shape index (κ3) is 2.67. The molecule has 0 aliphatic carbocycles. The summed E-state index contributed by atoms with van der Waals surface area (Å²) in [5.41, 5.74) is 3.57. The highest BCUT2D eigenvalue weighted by atomic mass is 79.9. The van der Waals surface area contributed by atoms with E-state index in [0.29, 0.717) is 0 Å². The first-order chi connectivity index (χ1) is 8.08. The largest absolute Gasteiger partial charge is 0.329 e. The van der Waals surface area contributed by atoms with Crippen molar-refractivity contribution in [2.45, 2.75) is 13.8 Å². The Bertz CT molecular complexity index is 537. The summed E-state index contributed by atoms with van der Waals surface area (Å²) in [7, 11) is 2.04. The van der Waals surface area contributed by atoms with Gasteiger partial charge < -0.3 is 4.90 Å². The van der Waals surface area contributed by atoms with Gasteiger partial charge in [-0.25, -0.2) is 4.98 Å². The zero-order valence-electron chi connectivity index (χ0n) is 10.2. The molecule has 0 N–H and O–H groups in total. The molecule has 2 aromatic rings. The second-order valence-electron chi connectivity index (χ2n) is 4.19. The quantitative estimate of drug-likeness (QED) is 0.823. The highest BCUT2D eigenvalue weighted by Crippen LogP contribution is 2.26. The Hall–Kier alpha value is -1.35. The highest BCUT2D eigenvalue weighted by molar-refractivity contribution is 9.10. The summed E-state index contributed by atoms with van der Waals surface area (Å²) < 4.78 is 1.01. The Kier molecular flexibility index (Phi) is 3.48. The first kappa shape index (κ1) is 12.1. The van der Waals surface area contributed by atoms with Crippen LogP contribution in [0.25, 0.3) is 0 Å². The van der Waals surface area contributed by atoms with Gasteiger partial charge in [0.1, 0.15) is 5.82 Å². The Labute approximate surface area is 110 Å². The monoisotopic (exact) mass is 290 g/mol. The van der Waals surface area contributed by atoms with Gasteiger partial charge in [-0.15, -0.1) is 0 Å². The molecule has 0 fully saturated rings. The van der Waals surface area contributed by atoms with Gasteiger partial charge in [-0.1, -0.05) is 12.1 Å². The number of hydrogen-bond donors (Lipinski definition) is 0. The number of pyridine rings is 1. The van der Waals surface area contributed by atoms with Crippen LogP contribution in [0.1, 0.15) is 11.1 Å². The molecule has 0 radical (unpaired) electrons. The van der Waals surface area contributed by atoms with E-state index in [1.165, 1.54) is 5.56 Å². The number of nitrogens with zero attached hydrogens (tertiary/aromatic N) is 2. The molecule has 3 heteroatoms. The second kappa shape index (κ2) is 4.88. The van der Waals surface area contributed by atoms with Crippen molar-refractivity contribution in [3.05, 3.63) is 52.1 Å². The lowest BCUT2D eigenvalue weighted by Crippen LogP contribution is -2.12. The zero-order chi connectivity index (χ0) is 12.4. The molecule has 0 amide bonds. The molecule has 0 saturated heterocycles. The SMILES string of the molecule is Cc1cccc(N(C)c2ncc(Br)cc2C)c1. The number of aryl methyl sites for hydroxylation is 2. The van der Waals surface area contributed by atoms with Crippen LogP contribution < -0.4 is 4.90 Å². The maximum absolute atomic E-state index is 4.46. The van der Waals surface area contributed by atoms with Crippen molar-refractivity contribution in [3.63, 3.8) is 0 Å². The van der Waals surface area contributed by atoms with Gasteiger partial charge in [0.2, 0.25) is 0 Å². The van der Waals surface area contributed by atoms with Gasteiger partial charge in [-0.2, -0.15) is 0 Å². The van der Waals surface area contributed by atoms with Crippen LogP contribution in [0.2, 0.25) is 0 Å². The molecule has 0 spiro atoms. The topological polar surface area (TPSA) is 16.1 Å². The molecular weight excluding hydrogens is 276 g/mol. The average molecular weight is 291 g/mol. The van der Waals surface area contributed by atoms with E-state index in [-0.39, 0.29) is 0 Å². The summed E-state index contributed by atoms with van der Waals surface area (Å²) in [5, 5.41) is 0. The number of benzene rings is 1. The van der Waals surface area contributed by atoms with Crippen molar-refractivity contribution in [3.8, 4) is 0 Å². The van der Waals surface area contributed by atoms with E-state index in [2.05, 4.69) is 70.0 Å². The van der Waals surface area contributed by atoms with Crippen LogP contribution in [-0.4, -0.2) is 12.0 Å². The lowest BCUT2D eigenvalue weighted by molar-refractivity contribution is 1.09. The standard InChI is InChI=1S/C14H15BrN2/c1-10-5-4-6-13(7-10)17(3)14-11(2)8-12(15)9-16-14/h4-9H,1-3H3. The van der Waals surface area contributed by atoms with Crippen molar-refractivity contribution in [2.75, 3.05) is 11.9 Å². The number of hydrogen-bond acceptors (Lipinski definition) is 2. The van der Waals surface area contributed by atoms with E-state index < -0.39 is 0 Å². The molecule has 2 rings (SSSR count). The van der Waals surface area contributed by atoms with Crippen LogP contribution in [0, 0.1) is 13.8 Å². The molecule has 0 aliphatic heterocycles. The molecule has 0 atom stereocenters. The van der Waals surface area contributed by atoms with Gasteiger partial charge in [0.05, 0.1) is 0 Å². The van der Waals surface area contributed by atoms with Crippen LogP contribution in [0.4, 0.5) is 11.5 Å². The summed E-state index contributed by atoms with van der Waals surface area (Å²) in [6.07, 6.45) is 1.83. The fourth-order valence-electron chi connectivity index (χ4n) is 1.84. The fourth-order valence-corrected chi connectivity index (χ4v) is 2.29.